The molecule has 1 aliphatic rings. The lowest BCUT2D eigenvalue weighted by atomic mass is 10.0. The fourth-order valence-electron chi connectivity index (χ4n) is 2.83. The highest BCUT2D eigenvalue weighted by molar-refractivity contribution is 5.82. The average Bonchev–Trinajstić information content (AvgIpc) is 3.26. The number of fused-ring (bicyclic) bond motifs is 1. The van der Waals surface area contributed by atoms with Gasteiger partial charge < -0.3 is 9.84 Å². The molecular weight excluding hydrogens is 324 g/mol. The Morgan fingerprint density at radius 3 is 3.24 bits per heavy atom. The van der Waals surface area contributed by atoms with Gasteiger partial charge in [-0.25, -0.2) is 4.68 Å². The number of pyridine rings is 1. The number of hydrogen-bond acceptors (Lipinski definition) is 8. The van der Waals surface area contributed by atoms with Gasteiger partial charge in [0, 0.05) is 24.5 Å². The second kappa shape index (κ2) is 6.75. The lowest BCUT2D eigenvalue weighted by molar-refractivity contribution is -0.123. The molecule has 128 valence electrons. The molecule has 25 heavy (non-hydrogen) atoms. The summed E-state index contributed by atoms with van der Waals surface area (Å²) in [7, 11) is 0. The van der Waals surface area contributed by atoms with E-state index in [0.29, 0.717) is 17.5 Å². The van der Waals surface area contributed by atoms with Crippen molar-refractivity contribution in [2.24, 2.45) is 0 Å². The van der Waals surface area contributed by atoms with Crippen molar-refractivity contribution in [3.63, 3.8) is 0 Å². The van der Waals surface area contributed by atoms with E-state index in [-0.39, 0.29) is 18.4 Å². The van der Waals surface area contributed by atoms with Crippen molar-refractivity contribution in [3.05, 3.63) is 36.2 Å². The molecule has 1 unspecified atom stereocenters. The predicted molar refractivity (Wildman–Crippen MR) is 83.8 cm³/mol. The SMILES string of the molecule is O=C(NCc1nc(-c2cccnc2)no1)C1CCCCn2nnnc21. The van der Waals surface area contributed by atoms with Gasteiger partial charge in [0.1, 0.15) is 0 Å². The third kappa shape index (κ3) is 3.23. The lowest BCUT2D eigenvalue weighted by Gasteiger charge is -2.12. The number of carbonyl (C=O) groups excluding carboxylic acids is 1. The first kappa shape index (κ1) is 15.4. The standard InChI is InChI=1S/C15H16N8O2/c24-15(11-5-1-2-7-23-14(11)19-21-22-23)17-9-12-18-13(20-25-12)10-4-3-6-16-8-10/h3-4,6,8,11H,1-2,5,7,9H2,(H,17,24). The van der Waals surface area contributed by atoms with Crippen LogP contribution in [0, 0.1) is 0 Å². The number of carbonyl (C=O) groups is 1. The third-order valence-corrected chi connectivity index (χ3v) is 4.10. The quantitative estimate of drug-likeness (QED) is 0.736. The van der Waals surface area contributed by atoms with E-state index < -0.39 is 0 Å². The molecule has 3 aromatic rings. The normalized spacial score (nSPS) is 16.9. The van der Waals surface area contributed by atoms with Crippen LogP contribution >= 0.6 is 0 Å². The molecule has 3 aromatic heterocycles. The van der Waals surface area contributed by atoms with Crippen molar-refractivity contribution in [2.75, 3.05) is 0 Å². The molecule has 4 rings (SSSR count). The smallest absolute Gasteiger partial charge is 0.246 e. The molecule has 0 saturated carbocycles. The maximum absolute atomic E-state index is 12.5. The van der Waals surface area contributed by atoms with Gasteiger partial charge in [0.15, 0.2) is 5.82 Å². The van der Waals surface area contributed by atoms with Gasteiger partial charge >= 0.3 is 0 Å². The molecule has 0 radical (unpaired) electrons. The van der Waals surface area contributed by atoms with E-state index >= 15 is 0 Å². The Balaban J connectivity index is 1.42. The second-order valence-electron chi connectivity index (χ2n) is 5.78. The van der Waals surface area contributed by atoms with Crippen LogP contribution in [0.25, 0.3) is 11.4 Å². The fraction of sp³-hybridized carbons (Fsp3) is 0.400. The zero-order valence-electron chi connectivity index (χ0n) is 13.4. The van der Waals surface area contributed by atoms with Gasteiger partial charge in [0.05, 0.1) is 12.5 Å². The number of amides is 1. The van der Waals surface area contributed by atoms with Crippen molar-refractivity contribution in [1.29, 1.82) is 0 Å². The number of aromatic nitrogens is 7. The van der Waals surface area contributed by atoms with E-state index in [1.165, 1.54) is 0 Å². The van der Waals surface area contributed by atoms with Crippen molar-refractivity contribution in [2.45, 2.75) is 38.3 Å². The van der Waals surface area contributed by atoms with Crippen LogP contribution in [0.1, 0.15) is 36.9 Å². The average molecular weight is 340 g/mol. The van der Waals surface area contributed by atoms with E-state index in [4.69, 9.17) is 4.52 Å². The third-order valence-electron chi connectivity index (χ3n) is 4.10. The van der Waals surface area contributed by atoms with E-state index in [0.717, 1.165) is 31.4 Å². The highest BCUT2D eigenvalue weighted by Gasteiger charge is 2.28. The van der Waals surface area contributed by atoms with Crippen LogP contribution in [0.4, 0.5) is 0 Å². The first-order chi connectivity index (χ1) is 12.3. The van der Waals surface area contributed by atoms with Crippen molar-refractivity contribution >= 4 is 5.91 Å². The summed E-state index contributed by atoms with van der Waals surface area (Å²) < 4.78 is 6.89. The molecule has 0 aliphatic carbocycles. The van der Waals surface area contributed by atoms with E-state index in [1.807, 2.05) is 6.07 Å². The van der Waals surface area contributed by atoms with Gasteiger partial charge in [-0.05, 0) is 35.4 Å². The molecule has 0 fully saturated rings. The van der Waals surface area contributed by atoms with Crippen LogP contribution < -0.4 is 5.32 Å². The molecule has 0 aromatic carbocycles. The van der Waals surface area contributed by atoms with Crippen molar-refractivity contribution in [3.8, 4) is 11.4 Å². The summed E-state index contributed by atoms with van der Waals surface area (Å²) in [6, 6.07) is 3.63. The molecule has 1 aliphatic heterocycles. The van der Waals surface area contributed by atoms with Crippen LogP contribution in [0.15, 0.2) is 29.0 Å². The maximum Gasteiger partial charge on any atom is 0.246 e. The van der Waals surface area contributed by atoms with Gasteiger partial charge in [0.25, 0.3) is 0 Å². The molecule has 0 saturated heterocycles. The van der Waals surface area contributed by atoms with Gasteiger partial charge in [-0.3, -0.25) is 9.78 Å². The Hall–Kier alpha value is -3.17. The predicted octanol–water partition coefficient (Wildman–Crippen LogP) is 0.702. The molecule has 4 heterocycles. The van der Waals surface area contributed by atoms with Crippen LogP contribution in [0.3, 0.4) is 0 Å². The van der Waals surface area contributed by atoms with Gasteiger partial charge in [-0.1, -0.05) is 11.6 Å². The Labute approximate surface area is 142 Å². The minimum absolute atomic E-state index is 0.140. The maximum atomic E-state index is 12.5. The van der Waals surface area contributed by atoms with Gasteiger partial charge in [0.2, 0.25) is 17.6 Å². The van der Waals surface area contributed by atoms with Crippen LogP contribution in [-0.4, -0.2) is 41.2 Å². The minimum atomic E-state index is -0.363. The Kier molecular flexibility index (Phi) is 4.15. The Morgan fingerprint density at radius 1 is 1.40 bits per heavy atom. The van der Waals surface area contributed by atoms with Crippen molar-refractivity contribution in [1.82, 2.24) is 40.6 Å². The van der Waals surface area contributed by atoms with Crippen LogP contribution in [0.5, 0.6) is 0 Å². The Morgan fingerprint density at radius 2 is 2.36 bits per heavy atom. The monoisotopic (exact) mass is 340 g/mol. The number of hydrogen-bond donors (Lipinski definition) is 1. The zero-order valence-corrected chi connectivity index (χ0v) is 13.4. The van der Waals surface area contributed by atoms with E-state index in [2.05, 4.69) is 36.0 Å². The van der Waals surface area contributed by atoms with E-state index in [1.54, 1.807) is 23.1 Å². The molecule has 0 bridgehead atoms. The zero-order chi connectivity index (χ0) is 17.1. The number of nitrogens with one attached hydrogen (secondary N) is 1. The molecule has 1 N–H and O–H groups in total. The molecule has 0 spiro atoms. The van der Waals surface area contributed by atoms with Crippen molar-refractivity contribution < 1.29 is 9.32 Å². The van der Waals surface area contributed by atoms with E-state index in [9.17, 15) is 4.79 Å². The summed E-state index contributed by atoms with van der Waals surface area (Å²) in [6.07, 6.45) is 5.94. The fourth-order valence-corrected chi connectivity index (χ4v) is 2.83. The molecule has 10 nitrogen and oxygen atoms in total. The largest absolute Gasteiger partial charge is 0.346 e. The lowest BCUT2D eigenvalue weighted by Crippen LogP contribution is -2.30. The second-order valence-corrected chi connectivity index (χ2v) is 5.78. The number of aryl methyl sites for hydroxylation is 1. The summed E-state index contributed by atoms with van der Waals surface area (Å²) in [6.45, 7) is 0.897. The molecule has 10 heteroatoms. The summed E-state index contributed by atoms with van der Waals surface area (Å²) in [5.41, 5.74) is 0.756. The first-order valence-corrected chi connectivity index (χ1v) is 8.08. The number of nitrogens with zero attached hydrogens (tertiary/aromatic N) is 7. The molecular formula is C15H16N8O2. The number of tetrazole rings is 1. The first-order valence-electron chi connectivity index (χ1n) is 8.08. The topological polar surface area (TPSA) is 125 Å². The Bertz CT molecular complexity index is 859. The number of rotatable bonds is 4. The highest BCUT2D eigenvalue weighted by Crippen LogP contribution is 2.24. The summed E-state index contributed by atoms with van der Waals surface area (Å²) in [5, 5.41) is 18.3. The van der Waals surface area contributed by atoms with Gasteiger partial charge in [-0.15, -0.1) is 5.10 Å². The summed E-state index contributed by atoms with van der Waals surface area (Å²) >= 11 is 0. The minimum Gasteiger partial charge on any atom is -0.346 e. The van der Waals surface area contributed by atoms with Crippen LogP contribution in [-0.2, 0) is 17.9 Å². The van der Waals surface area contributed by atoms with Gasteiger partial charge in [-0.2, -0.15) is 4.98 Å². The molecule has 1 atom stereocenters. The van der Waals surface area contributed by atoms with Crippen LogP contribution in [0.2, 0.25) is 0 Å². The summed E-state index contributed by atoms with van der Waals surface area (Å²) in [4.78, 5) is 20.8. The highest BCUT2D eigenvalue weighted by atomic mass is 16.5. The molecule has 1 amide bonds. The summed E-state index contributed by atoms with van der Waals surface area (Å²) in [5.74, 6) is 0.880.